The molecule has 1 aliphatic heterocycles. The second kappa shape index (κ2) is 5.40. The number of pyridine rings is 1. The van der Waals surface area contributed by atoms with E-state index in [-0.39, 0.29) is 0 Å². The SMILES string of the molecule is CCc1ncc(CN2CCC(C)(C)CC2)cc1C. The highest BCUT2D eigenvalue weighted by Crippen LogP contribution is 2.30. The standard InChI is InChI=1S/C16H26N2/c1-5-15-13(2)10-14(11-17-15)12-18-8-6-16(3,4)7-9-18/h10-11H,5-9,12H2,1-4H3. The van der Waals surface area contributed by atoms with Gasteiger partial charge in [-0.15, -0.1) is 0 Å². The molecule has 0 aliphatic carbocycles. The summed E-state index contributed by atoms with van der Waals surface area (Å²) < 4.78 is 0. The summed E-state index contributed by atoms with van der Waals surface area (Å²) in [5.74, 6) is 0. The van der Waals surface area contributed by atoms with Crippen LogP contribution >= 0.6 is 0 Å². The fourth-order valence-electron chi connectivity index (χ4n) is 2.69. The van der Waals surface area contributed by atoms with Gasteiger partial charge in [0, 0.05) is 18.4 Å². The first-order chi connectivity index (χ1) is 8.50. The van der Waals surface area contributed by atoms with Gasteiger partial charge in [0.1, 0.15) is 0 Å². The zero-order valence-electron chi connectivity index (χ0n) is 12.3. The van der Waals surface area contributed by atoms with Crippen molar-refractivity contribution >= 4 is 0 Å². The highest BCUT2D eigenvalue weighted by Gasteiger charge is 2.25. The summed E-state index contributed by atoms with van der Waals surface area (Å²) in [7, 11) is 0. The highest BCUT2D eigenvalue weighted by molar-refractivity contribution is 5.24. The van der Waals surface area contributed by atoms with Crippen LogP contribution in [0.15, 0.2) is 12.3 Å². The Morgan fingerprint density at radius 1 is 1.28 bits per heavy atom. The molecule has 0 bridgehead atoms. The molecule has 0 N–H and O–H groups in total. The van der Waals surface area contributed by atoms with E-state index in [1.807, 2.05) is 0 Å². The second-order valence-electron chi connectivity index (χ2n) is 6.40. The average molecular weight is 246 g/mol. The third kappa shape index (κ3) is 3.32. The molecule has 1 fully saturated rings. The predicted octanol–water partition coefficient (Wildman–Crippen LogP) is 3.57. The Morgan fingerprint density at radius 2 is 1.94 bits per heavy atom. The van der Waals surface area contributed by atoms with E-state index >= 15 is 0 Å². The van der Waals surface area contributed by atoms with E-state index < -0.39 is 0 Å². The van der Waals surface area contributed by atoms with Gasteiger partial charge in [-0.1, -0.05) is 26.8 Å². The summed E-state index contributed by atoms with van der Waals surface area (Å²) >= 11 is 0. The maximum absolute atomic E-state index is 4.56. The van der Waals surface area contributed by atoms with E-state index in [0.29, 0.717) is 5.41 Å². The van der Waals surface area contributed by atoms with Crippen molar-refractivity contribution < 1.29 is 0 Å². The largest absolute Gasteiger partial charge is 0.299 e. The van der Waals surface area contributed by atoms with Gasteiger partial charge >= 0.3 is 0 Å². The van der Waals surface area contributed by atoms with Crippen LogP contribution in [0.5, 0.6) is 0 Å². The average Bonchev–Trinajstić information content (AvgIpc) is 2.32. The van der Waals surface area contributed by atoms with Crippen molar-refractivity contribution in [2.75, 3.05) is 13.1 Å². The lowest BCUT2D eigenvalue weighted by atomic mass is 9.82. The zero-order chi connectivity index (χ0) is 13.2. The number of aromatic nitrogens is 1. The van der Waals surface area contributed by atoms with Gasteiger partial charge in [-0.25, -0.2) is 0 Å². The smallest absolute Gasteiger partial charge is 0.0430 e. The number of likely N-dealkylation sites (tertiary alicyclic amines) is 1. The zero-order valence-corrected chi connectivity index (χ0v) is 12.3. The summed E-state index contributed by atoms with van der Waals surface area (Å²) in [6.45, 7) is 12.6. The molecule has 1 aliphatic rings. The molecule has 2 rings (SSSR count). The number of aryl methyl sites for hydroxylation is 2. The second-order valence-corrected chi connectivity index (χ2v) is 6.40. The monoisotopic (exact) mass is 246 g/mol. The maximum Gasteiger partial charge on any atom is 0.0430 e. The normalized spacial score (nSPS) is 20.0. The van der Waals surface area contributed by atoms with E-state index in [9.17, 15) is 0 Å². The highest BCUT2D eigenvalue weighted by atomic mass is 15.1. The van der Waals surface area contributed by atoms with Gasteiger partial charge in [0.05, 0.1) is 0 Å². The third-order valence-corrected chi connectivity index (χ3v) is 4.19. The first-order valence-electron chi connectivity index (χ1n) is 7.17. The van der Waals surface area contributed by atoms with Crippen LogP contribution in [-0.2, 0) is 13.0 Å². The predicted molar refractivity (Wildman–Crippen MR) is 76.6 cm³/mol. The number of piperidine rings is 1. The summed E-state index contributed by atoms with van der Waals surface area (Å²) in [6, 6.07) is 2.31. The number of hydrogen-bond donors (Lipinski definition) is 0. The van der Waals surface area contributed by atoms with Crippen molar-refractivity contribution in [3.8, 4) is 0 Å². The van der Waals surface area contributed by atoms with Crippen LogP contribution in [0.25, 0.3) is 0 Å². The summed E-state index contributed by atoms with van der Waals surface area (Å²) in [5.41, 5.74) is 4.48. The molecule has 18 heavy (non-hydrogen) atoms. The van der Waals surface area contributed by atoms with E-state index in [2.05, 4.69) is 49.8 Å². The van der Waals surface area contributed by atoms with Crippen LogP contribution in [0.4, 0.5) is 0 Å². The first kappa shape index (κ1) is 13.5. The lowest BCUT2D eigenvalue weighted by molar-refractivity contribution is 0.127. The molecule has 0 amide bonds. The minimum atomic E-state index is 0.538. The van der Waals surface area contributed by atoms with Gasteiger partial charge in [0.25, 0.3) is 0 Å². The fraction of sp³-hybridized carbons (Fsp3) is 0.688. The van der Waals surface area contributed by atoms with Crippen molar-refractivity contribution in [3.63, 3.8) is 0 Å². The van der Waals surface area contributed by atoms with Crippen molar-refractivity contribution in [1.82, 2.24) is 9.88 Å². The quantitative estimate of drug-likeness (QED) is 0.810. The Hall–Kier alpha value is -0.890. The van der Waals surface area contributed by atoms with Crippen LogP contribution in [0.2, 0.25) is 0 Å². The molecule has 100 valence electrons. The molecule has 0 atom stereocenters. The van der Waals surface area contributed by atoms with Crippen LogP contribution in [0, 0.1) is 12.3 Å². The Kier molecular flexibility index (Phi) is 4.06. The van der Waals surface area contributed by atoms with Crippen LogP contribution in [0.3, 0.4) is 0 Å². The van der Waals surface area contributed by atoms with E-state index in [0.717, 1.165) is 13.0 Å². The Bertz CT molecular complexity index is 400. The van der Waals surface area contributed by atoms with Crippen molar-refractivity contribution in [2.45, 2.75) is 53.5 Å². The van der Waals surface area contributed by atoms with Crippen molar-refractivity contribution in [3.05, 3.63) is 29.1 Å². The first-order valence-corrected chi connectivity index (χ1v) is 7.17. The van der Waals surface area contributed by atoms with Gasteiger partial charge in [0.2, 0.25) is 0 Å². The van der Waals surface area contributed by atoms with E-state index in [1.54, 1.807) is 0 Å². The summed E-state index contributed by atoms with van der Waals surface area (Å²) in [5, 5.41) is 0. The Morgan fingerprint density at radius 3 is 2.50 bits per heavy atom. The molecule has 1 saturated heterocycles. The third-order valence-electron chi connectivity index (χ3n) is 4.19. The molecule has 1 aromatic heterocycles. The molecule has 0 spiro atoms. The molecule has 1 aromatic rings. The lowest BCUT2D eigenvalue weighted by Gasteiger charge is -2.36. The molecule has 2 nitrogen and oxygen atoms in total. The molecule has 0 unspecified atom stereocenters. The topological polar surface area (TPSA) is 16.1 Å². The summed E-state index contributed by atoms with van der Waals surface area (Å²) in [6.07, 6.45) is 5.72. The van der Waals surface area contributed by atoms with Crippen molar-refractivity contribution in [2.24, 2.45) is 5.41 Å². The van der Waals surface area contributed by atoms with Gasteiger partial charge in [-0.2, -0.15) is 0 Å². The van der Waals surface area contributed by atoms with E-state index in [1.165, 1.54) is 42.8 Å². The van der Waals surface area contributed by atoms with Gasteiger partial charge in [-0.3, -0.25) is 9.88 Å². The molecular formula is C16H26N2. The fourth-order valence-corrected chi connectivity index (χ4v) is 2.69. The number of nitrogens with zero attached hydrogens (tertiary/aromatic N) is 2. The van der Waals surface area contributed by atoms with Crippen LogP contribution in [0.1, 0.15) is 50.4 Å². The summed E-state index contributed by atoms with van der Waals surface area (Å²) in [4.78, 5) is 7.13. The minimum Gasteiger partial charge on any atom is -0.299 e. The molecule has 0 saturated carbocycles. The van der Waals surface area contributed by atoms with Crippen molar-refractivity contribution in [1.29, 1.82) is 0 Å². The van der Waals surface area contributed by atoms with E-state index in [4.69, 9.17) is 0 Å². The molecular weight excluding hydrogens is 220 g/mol. The van der Waals surface area contributed by atoms with Gasteiger partial charge in [0.15, 0.2) is 0 Å². The number of hydrogen-bond acceptors (Lipinski definition) is 2. The molecule has 0 radical (unpaired) electrons. The lowest BCUT2D eigenvalue weighted by Crippen LogP contribution is -2.36. The van der Waals surface area contributed by atoms with Gasteiger partial charge in [-0.05, 0) is 55.8 Å². The number of rotatable bonds is 3. The van der Waals surface area contributed by atoms with Crippen LogP contribution in [-0.4, -0.2) is 23.0 Å². The van der Waals surface area contributed by atoms with Crippen LogP contribution < -0.4 is 0 Å². The molecule has 2 heteroatoms. The van der Waals surface area contributed by atoms with Gasteiger partial charge < -0.3 is 0 Å². The Labute approximate surface area is 111 Å². The minimum absolute atomic E-state index is 0.538. The Balaban J connectivity index is 1.96. The maximum atomic E-state index is 4.56. The molecule has 2 heterocycles. The molecule has 0 aromatic carbocycles.